The first-order valence-electron chi connectivity index (χ1n) is 8.85. The van der Waals surface area contributed by atoms with E-state index in [1.165, 1.54) is 28.8 Å². The number of halogens is 4. The smallest absolute Gasteiger partial charge is 0.280 e. The average molecular weight is 425 g/mol. The van der Waals surface area contributed by atoms with Crippen LogP contribution in [0.4, 0.5) is 17.6 Å². The van der Waals surface area contributed by atoms with Crippen molar-refractivity contribution in [1.82, 2.24) is 9.55 Å². The highest BCUT2D eigenvalue weighted by molar-refractivity contribution is 5.79. The number of benzene rings is 3. The SMILES string of the molecule is N#Cc1cc(F)cc(Oc2ccc3c(c2)c(=O)ncn3Cc2c(F)cc(F)cc2F)c1. The van der Waals surface area contributed by atoms with Crippen LogP contribution in [0.5, 0.6) is 11.5 Å². The molecule has 0 saturated heterocycles. The van der Waals surface area contributed by atoms with Crippen molar-refractivity contribution in [3.05, 3.63) is 99.6 Å². The number of hydrogen-bond acceptors (Lipinski definition) is 4. The van der Waals surface area contributed by atoms with Gasteiger partial charge in [0.2, 0.25) is 0 Å². The van der Waals surface area contributed by atoms with Crippen molar-refractivity contribution in [2.45, 2.75) is 6.54 Å². The van der Waals surface area contributed by atoms with Crippen LogP contribution < -0.4 is 10.3 Å². The molecule has 4 rings (SSSR count). The Hall–Kier alpha value is -4.19. The summed E-state index contributed by atoms with van der Waals surface area (Å²) in [4.78, 5) is 15.9. The fourth-order valence-electron chi connectivity index (χ4n) is 3.10. The quantitative estimate of drug-likeness (QED) is 0.446. The first kappa shape index (κ1) is 20.1. The van der Waals surface area contributed by atoms with Crippen LogP contribution in [-0.4, -0.2) is 9.55 Å². The largest absolute Gasteiger partial charge is 0.457 e. The Morgan fingerprint density at radius 3 is 2.35 bits per heavy atom. The predicted octanol–water partition coefficient (Wildman–Crippen LogP) is 4.67. The fraction of sp³-hybridized carbons (Fsp3) is 0.0455. The second kappa shape index (κ2) is 7.91. The zero-order valence-corrected chi connectivity index (χ0v) is 15.6. The van der Waals surface area contributed by atoms with Crippen molar-refractivity contribution in [2.75, 3.05) is 0 Å². The van der Waals surface area contributed by atoms with Gasteiger partial charge in [-0.3, -0.25) is 4.79 Å². The van der Waals surface area contributed by atoms with Gasteiger partial charge in [0, 0.05) is 23.8 Å². The van der Waals surface area contributed by atoms with E-state index in [9.17, 15) is 22.4 Å². The second-order valence-electron chi connectivity index (χ2n) is 6.59. The number of nitriles is 1. The molecule has 0 aliphatic rings. The standard InChI is InChI=1S/C22H11F4N3O2/c23-13-3-12(9-27)4-16(5-13)31-15-1-2-21-17(8-15)22(30)28-11-29(21)10-18-19(25)6-14(24)7-20(18)26/h1-8,11H,10H2. The van der Waals surface area contributed by atoms with Crippen LogP contribution in [0, 0.1) is 34.6 Å². The van der Waals surface area contributed by atoms with Gasteiger partial charge in [0.25, 0.3) is 5.56 Å². The molecule has 0 radical (unpaired) electrons. The van der Waals surface area contributed by atoms with Gasteiger partial charge in [-0.1, -0.05) is 0 Å². The van der Waals surface area contributed by atoms with Gasteiger partial charge in [-0.2, -0.15) is 10.2 Å². The molecule has 0 spiro atoms. The summed E-state index contributed by atoms with van der Waals surface area (Å²) in [6, 6.07) is 10.7. The number of hydrogen-bond donors (Lipinski definition) is 0. The summed E-state index contributed by atoms with van der Waals surface area (Å²) in [5, 5.41) is 9.02. The number of ether oxygens (including phenoxy) is 1. The molecule has 5 nitrogen and oxygen atoms in total. The van der Waals surface area contributed by atoms with Crippen LogP contribution in [0.25, 0.3) is 10.9 Å². The molecule has 0 saturated carbocycles. The van der Waals surface area contributed by atoms with E-state index in [0.29, 0.717) is 17.6 Å². The summed E-state index contributed by atoms with van der Waals surface area (Å²) in [5.41, 5.74) is -0.651. The van der Waals surface area contributed by atoms with E-state index in [-0.39, 0.29) is 29.0 Å². The Balaban J connectivity index is 1.73. The highest BCUT2D eigenvalue weighted by Crippen LogP contribution is 2.26. The van der Waals surface area contributed by atoms with Gasteiger partial charge < -0.3 is 9.30 Å². The van der Waals surface area contributed by atoms with Crippen LogP contribution in [0.3, 0.4) is 0 Å². The third-order valence-electron chi connectivity index (χ3n) is 4.49. The number of nitrogens with zero attached hydrogens (tertiary/aromatic N) is 3. The molecule has 31 heavy (non-hydrogen) atoms. The van der Waals surface area contributed by atoms with Crippen LogP contribution in [0.2, 0.25) is 0 Å². The molecule has 0 N–H and O–H groups in total. The molecule has 0 atom stereocenters. The lowest BCUT2D eigenvalue weighted by Gasteiger charge is -2.13. The maximum Gasteiger partial charge on any atom is 0.280 e. The highest BCUT2D eigenvalue weighted by Gasteiger charge is 2.14. The Kier molecular flexibility index (Phi) is 5.13. The summed E-state index contributed by atoms with van der Waals surface area (Å²) in [6.07, 6.45) is 1.12. The van der Waals surface area contributed by atoms with Gasteiger partial charge in [-0.15, -0.1) is 0 Å². The number of fused-ring (bicyclic) bond motifs is 1. The molecule has 0 fully saturated rings. The topological polar surface area (TPSA) is 67.9 Å². The van der Waals surface area contributed by atoms with Crippen LogP contribution in [0.15, 0.2) is 59.7 Å². The minimum Gasteiger partial charge on any atom is -0.457 e. The lowest BCUT2D eigenvalue weighted by Crippen LogP contribution is -2.14. The van der Waals surface area contributed by atoms with Crippen molar-refractivity contribution < 1.29 is 22.3 Å². The van der Waals surface area contributed by atoms with E-state index < -0.39 is 34.4 Å². The number of aromatic nitrogens is 2. The van der Waals surface area contributed by atoms with Gasteiger partial charge in [0.15, 0.2) is 0 Å². The second-order valence-corrected chi connectivity index (χ2v) is 6.59. The Morgan fingerprint density at radius 1 is 0.935 bits per heavy atom. The third kappa shape index (κ3) is 4.09. The van der Waals surface area contributed by atoms with E-state index in [4.69, 9.17) is 10.00 Å². The van der Waals surface area contributed by atoms with E-state index in [1.807, 2.05) is 6.07 Å². The lowest BCUT2D eigenvalue weighted by molar-refractivity contribution is 0.477. The van der Waals surface area contributed by atoms with Gasteiger partial charge in [-0.05, 0) is 30.3 Å². The maximum absolute atomic E-state index is 14.0. The van der Waals surface area contributed by atoms with Gasteiger partial charge in [0.1, 0.15) is 34.8 Å². The summed E-state index contributed by atoms with van der Waals surface area (Å²) < 4.78 is 61.7. The molecule has 0 aliphatic carbocycles. The zero-order valence-electron chi connectivity index (χ0n) is 15.6. The molecule has 154 valence electrons. The summed E-state index contributed by atoms with van der Waals surface area (Å²) >= 11 is 0. The Bertz CT molecular complexity index is 1400. The van der Waals surface area contributed by atoms with E-state index in [1.54, 1.807) is 0 Å². The predicted molar refractivity (Wildman–Crippen MR) is 103 cm³/mol. The molecule has 3 aromatic carbocycles. The van der Waals surface area contributed by atoms with Crippen LogP contribution in [-0.2, 0) is 6.54 Å². The first-order valence-corrected chi connectivity index (χ1v) is 8.85. The molecule has 9 heteroatoms. The molecule has 0 unspecified atom stereocenters. The Morgan fingerprint density at radius 2 is 1.65 bits per heavy atom. The zero-order chi connectivity index (χ0) is 22.1. The maximum atomic E-state index is 14.0. The van der Waals surface area contributed by atoms with E-state index >= 15 is 0 Å². The minimum atomic E-state index is -1.07. The van der Waals surface area contributed by atoms with Crippen LogP contribution in [0.1, 0.15) is 11.1 Å². The summed E-state index contributed by atoms with van der Waals surface area (Å²) in [6.45, 7) is -0.336. The first-order chi connectivity index (χ1) is 14.8. The molecule has 1 heterocycles. The van der Waals surface area contributed by atoms with Crippen molar-refractivity contribution in [3.63, 3.8) is 0 Å². The van der Waals surface area contributed by atoms with Crippen LogP contribution >= 0.6 is 0 Å². The van der Waals surface area contributed by atoms with Gasteiger partial charge in [0.05, 0.1) is 35.4 Å². The fourth-order valence-corrected chi connectivity index (χ4v) is 3.10. The molecule has 1 aromatic heterocycles. The van der Waals surface area contributed by atoms with E-state index in [0.717, 1.165) is 18.5 Å². The van der Waals surface area contributed by atoms with Crippen molar-refractivity contribution >= 4 is 10.9 Å². The van der Waals surface area contributed by atoms with Gasteiger partial charge >= 0.3 is 0 Å². The van der Waals surface area contributed by atoms with Crippen molar-refractivity contribution in [3.8, 4) is 17.6 Å². The molecule has 0 bridgehead atoms. The molecular formula is C22H11F4N3O2. The highest BCUT2D eigenvalue weighted by atomic mass is 19.1. The lowest BCUT2D eigenvalue weighted by atomic mass is 10.1. The Labute approximate surface area is 172 Å². The van der Waals surface area contributed by atoms with Crippen molar-refractivity contribution in [2.24, 2.45) is 0 Å². The molecule has 0 aliphatic heterocycles. The molecule has 4 aromatic rings. The molecular weight excluding hydrogens is 414 g/mol. The summed E-state index contributed by atoms with van der Waals surface area (Å²) in [7, 11) is 0. The minimum absolute atomic E-state index is 0.0515. The van der Waals surface area contributed by atoms with E-state index in [2.05, 4.69) is 4.98 Å². The van der Waals surface area contributed by atoms with Crippen molar-refractivity contribution in [1.29, 1.82) is 5.26 Å². The normalized spacial score (nSPS) is 10.8. The monoisotopic (exact) mass is 425 g/mol. The number of rotatable bonds is 4. The van der Waals surface area contributed by atoms with Gasteiger partial charge in [-0.25, -0.2) is 17.6 Å². The average Bonchev–Trinajstić information content (AvgIpc) is 2.72. The summed E-state index contributed by atoms with van der Waals surface area (Å²) in [5.74, 6) is -3.62. The third-order valence-corrected chi connectivity index (χ3v) is 4.49. The molecule has 0 amide bonds.